The highest BCUT2D eigenvalue weighted by Gasteiger charge is 2.18. The second-order valence-electron chi connectivity index (χ2n) is 4.90. The van der Waals surface area contributed by atoms with Crippen molar-refractivity contribution in [1.29, 1.82) is 0 Å². The predicted molar refractivity (Wildman–Crippen MR) is 84.1 cm³/mol. The first kappa shape index (κ1) is 14.1. The summed E-state index contributed by atoms with van der Waals surface area (Å²) in [7, 11) is 0. The van der Waals surface area contributed by atoms with Gasteiger partial charge in [0.05, 0.1) is 0 Å². The van der Waals surface area contributed by atoms with Gasteiger partial charge in [-0.05, 0) is 50.6 Å². The van der Waals surface area contributed by atoms with E-state index in [0.29, 0.717) is 17.8 Å². The predicted octanol–water partition coefficient (Wildman–Crippen LogP) is 3.55. The third kappa shape index (κ3) is 2.67. The van der Waals surface area contributed by atoms with Crippen molar-refractivity contribution in [3.63, 3.8) is 0 Å². The van der Waals surface area contributed by atoms with Crippen LogP contribution in [0, 0.1) is 13.8 Å². The fraction of sp³-hybridized carbons (Fsp3) is 0.235. The summed E-state index contributed by atoms with van der Waals surface area (Å²) in [5.74, 6) is -0.0128. The lowest BCUT2D eigenvalue weighted by atomic mass is 10.1. The van der Waals surface area contributed by atoms with E-state index in [1.807, 2.05) is 63.2 Å². The van der Waals surface area contributed by atoms with Crippen molar-refractivity contribution < 1.29 is 4.79 Å². The molecule has 0 aliphatic carbocycles. The SMILES string of the molecule is CCN(C(=O)c1cccc(N)c1C)c1ccc(C)cc1. The van der Waals surface area contributed by atoms with Crippen LogP contribution in [0.1, 0.15) is 28.4 Å². The first-order valence-electron chi connectivity index (χ1n) is 6.78. The summed E-state index contributed by atoms with van der Waals surface area (Å²) in [6, 6.07) is 13.4. The zero-order chi connectivity index (χ0) is 14.7. The van der Waals surface area contributed by atoms with E-state index in [0.717, 1.165) is 11.3 Å². The first-order chi connectivity index (χ1) is 9.54. The molecule has 1 amide bonds. The van der Waals surface area contributed by atoms with Gasteiger partial charge in [-0.1, -0.05) is 23.8 Å². The van der Waals surface area contributed by atoms with Crippen LogP contribution in [0.4, 0.5) is 11.4 Å². The fourth-order valence-electron chi connectivity index (χ4n) is 2.20. The highest BCUT2D eigenvalue weighted by Crippen LogP contribution is 2.22. The Kier molecular flexibility index (Phi) is 4.08. The molecule has 0 aliphatic heterocycles. The van der Waals surface area contributed by atoms with Crippen LogP contribution in [-0.4, -0.2) is 12.5 Å². The van der Waals surface area contributed by atoms with Crippen molar-refractivity contribution >= 4 is 17.3 Å². The molecular formula is C17H20N2O. The Morgan fingerprint density at radius 2 is 1.75 bits per heavy atom. The van der Waals surface area contributed by atoms with Gasteiger partial charge in [0.15, 0.2) is 0 Å². The minimum atomic E-state index is -0.0128. The molecule has 2 rings (SSSR count). The number of benzene rings is 2. The number of hydrogen-bond donors (Lipinski definition) is 1. The monoisotopic (exact) mass is 268 g/mol. The summed E-state index contributed by atoms with van der Waals surface area (Å²) < 4.78 is 0. The van der Waals surface area contributed by atoms with Crippen LogP contribution in [0.3, 0.4) is 0 Å². The van der Waals surface area contributed by atoms with Crippen LogP contribution in [0.5, 0.6) is 0 Å². The van der Waals surface area contributed by atoms with Crippen LogP contribution in [0.2, 0.25) is 0 Å². The molecule has 104 valence electrons. The number of hydrogen-bond acceptors (Lipinski definition) is 2. The molecule has 0 saturated heterocycles. The molecule has 2 aromatic rings. The van der Waals surface area contributed by atoms with Gasteiger partial charge in [0.1, 0.15) is 0 Å². The molecule has 0 fully saturated rings. The maximum absolute atomic E-state index is 12.7. The third-order valence-electron chi connectivity index (χ3n) is 3.51. The number of aryl methyl sites for hydroxylation is 1. The summed E-state index contributed by atoms with van der Waals surface area (Å²) in [6.45, 7) is 6.50. The van der Waals surface area contributed by atoms with Gasteiger partial charge in [-0.2, -0.15) is 0 Å². The number of anilines is 2. The molecular weight excluding hydrogens is 248 g/mol. The molecule has 20 heavy (non-hydrogen) atoms. The Hall–Kier alpha value is -2.29. The van der Waals surface area contributed by atoms with E-state index in [1.165, 1.54) is 5.56 Å². The molecule has 0 aliphatic rings. The molecule has 0 heterocycles. The van der Waals surface area contributed by atoms with Crippen molar-refractivity contribution in [3.05, 3.63) is 59.2 Å². The van der Waals surface area contributed by atoms with Crippen molar-refractivity contribution in [2.24, 2.45) is 0 Å². The minimum Gasteiger partial charge on any atom is -0.398 e. The Balaban J connectivity index is 2.39. The quantitative estimate of drug-likeness (QED) is 0.865. The zero-order valence-corrected chi connectivity index (χ0v) is 12.2. The standard InChI is InChI=1S/C17H20N2O/c1-4-19(14-10-8-12(2)9-11-14)17(20)15-6-5-7-16(18)13(15)3/h5-11H,4,18H2,1-3H3. The summed E-state index contributed by atoms with van der Waals surface area (Å²) in [5.41, 5.74) is 10.1. The Labute approximate surface area is 120 Å². The van der Waals surface area contributed by atoms with Gasteiger partial charge in [0, 0.05) is 23.5 Å². The van der Waals surface area contributed by atoms with E-state index in [9.17, 15) is 4.79 Å². The zero-order valence-electron chi connectivity index (χ0n) is 12.2. The lowest BCUT2D eigenvalue weighted by Gasteiger charge is -2.22. The number of nitrogens with two attached hydrogens (primary N) is 1. The normalized spacial score (nSPS) is 10.3. The molecule has 3 heteroatoms. The van der Waals surface area contributed by atoms with E-state index in [4.69, 9.17) is 5.73 Å². The fourth-order valence-corrected chi connectivity index (χ4v) is 2.20. The second kappa shape index (κ2) is 5.78. The second-order valence-corrected chi connectivity index (χ2v) is 4.90. The summed E-state index contributed by atoms with van der Waals surface area (Å²) in [5, 5.41) is 0. The molecule has 0 saturated carbocycles. The van der Waals surface area contributed by atoms with Crippen molar-refractivity contribution in [3.8, 4) is 0 Å². The van der Waals surface area contributed by atoms with E-state index in [1.54, 1.807) is 4.90 Å². The van der Waals surface area contributed by atoms with E-state index in [2.05, 4.69) is 0 Å². The van der Waals surface area contributed by atoms with Gasteiger partial charge in [-0.25, -0.2) is 0 Å². The number of nitrogens with zero attached hydrogens (tertiary/aromatic N) is 1. The van der Waals surface area contributed by atoms with Gasteiger partial charge in [0.25, 0.3) is 5.91 Å². The summed E-state index contributed by atoms with van der Waals surface area (Å²) in [4.78, 5) is 14.5. The summed E-state index contributed by atoms with van der Waals surface area (Å²) >= 11 is 0. The van der Waals surface area contributed by atoms with Gasteiger partial charge in [-0.15, -0.1) is 0 Å². The average Bonchev–Trinajstić information content (AvgIpc) is 2.44. The number of rotatable bonds is 3. The van der Waals surface area contributed by atoms with Gasteiger partial charge in [-0.3, -0.25) is 4.79 Å². The topological polar surface area (TPSA) is 46.3 Å². The van der Waals surface area contributed by atoms with Crippen LogP contribution < -0.4 is 10.6 Å². The molecule has 2 aromatic carbocycles. The lowest BCUT2D eigenvalue weighted by molar-refractivity contribution is 0.0988. The highest BCUT2D eigenvalue weighted by atomic mass is 16.2. The molecule has 0 spiro atoms. The molecule has 0 unspecified atom stereocenters. The Morgan fingerprint density at radius 1 is 1.10 bits per heavy atom. The number of carbonyl (C=O) groups excluding carboxylic acids is 1. The maximum atomic E-state index is 12.7. The average molecular weight is 268 g/mol. The minimum absolute atomic E-state index is 0.0128. The van der Waals surface area contributed by atoms with Crippen molar-refractivity contribution in [2.45, 2.75) is 20.8 Å². The lowest BCUT2D eigenvalue weighted by Crippen LogP contribution is -2.31. The van der Waals surface area contributed by atoms with E-state index < -0.39 is 0 Å². The van der Waals surface area contributed by atoms with Gasteiger partial charge in [0.2, 0.25) is 0 Å². The maximum Gasteiger partial charge on any atom is 0.258 e. The largest absolute Gasteiger partial charge is 0.398 e. The number of nitrogen functional groups attached to an aromatic ring is 1. The van der Waals surface area contributed by atoms with Gasteiger partial charge >= 0.3 is 0 Å². The van der Waals surface area contributed by atoms with Crippen LogP contribution in [0.25, 0.3) is 0 Å². The van der Waals surface area contributed by atoms with Crippen molar-refractivity contribution in [1.82, 2.24) is 0 Å². The summed E-state index contributed by atoms with van der Waals surface area (Å²) in [6.07, 6.45) is 0. The smallest absolute Gasteiger partial charge is 0.258 e. The molecule has 0 bridgehead atoms. The third-order valence-corrected chi connectivity index (χ3v) is 3.51. The number of carbonyl (C=O) groups is 1. The molecule has 0 atom stereocenters. The molecule has 0 aromatic heterocycles. The highest BCUT2D eigenvalue weighted by molar-refractivity contribution is 6.07. The van der Waals surface area contributed by atoms with E-state index >= 15 is 0 Å². The molecule has 3 nitrogen and oxygen atoms in total. The Morgan fingerprint density at radius 3 is 2.35 bits per heavy atom. The van der Waals surface area contributed by atoms with Crippen molar-refractivity contribution in [2.75, 3.05) is 17.2 Å². The van der Waals surface area contributed by atoms with E-state index in [-0.39, 0.29) is 5.91 Å². The number of amides is 1. The van der Waals surface area contributed by atoms with Crippen LogP contribution in [0.15, 0.2) is 42.5 Å². The van der Waals surface area contributed by atoms with Crippen LogP contribution in [-0.2, 0) is 0 Å². The Bertz CT molecular complexity index is 617. The van der Waals surface area contributed by atoms with Gasteiger partial charge < -0.3 is 10.6 Å². The van der Waals surface area contributed by atoms with Crippen LogP contribution >= 0.6 is 0 Å². The molecule has 0 radical (unpaired) electrons. The first-order valence-corrected chi connectivity index (χ1v) is 6.78. The molecule has 2 N–H and O–H groups in total.